The number of amides is 1. The summed E-state index contributed by atoms with van der Waals surface area (Å²) in [6, 6.07) is 3.52. The van der Waals surface area contributed by atoms with E-state index in [1.165, 1.54) is 12.0 Å². The fourth-order valence-electron chi connectivity index (χ4n) is 2.06. The molecule has 1 aromatic rings. The molecule has 0 aliphatic carbocycles. The molecule has 96 valence electrons. The highest BCUT2D eigenvalue weighted by Crippen LogP contribution is 2.35. The van der Waals surface area contributed by atoms with Gasteiger partial charge in [-0.3, -0.25) is 9.59 Å². The van der Waals surface area contributed by atoms with Crippen molar-refractivity contribution in [1.29, 1.82) is 0 Å². The largest absolute Gasteiger partial charge is 0.493 e. The molecule has 0 bridgehead atoms. The number of aryl methyl sites for hydroxylation is 1. The van der Waals surface area contributed by atoms with Gasteiger partial charge in [0.15, 0.2) is 17.3 Å². The number of Topliss-reactive ketones (excluding diaryl/α,β-unsaturated/α-hetero) is 1. The van der Waals surface area contributed by atoms with Crippen molar-refractivity contribution >= 4 is 17.4 Å². The fraction of sp³-hybridized carbons (Fsp3) is 0.385. The lowest BCUT2D eigenvalue weighted by atomic mass is 10.1. The lowest BCUT2D eigenvalue weighted by molar-refractivity contribution is -0.121. The lowest BCUT2D eigenvalue weighted by Gasteiger charge is -2.19. The quantitative estimate of drug-likeness (QED) is 0.758. The van der Waals surface area contributed by atoms with Gasteiger partial charge in [0.1, 0.15) is 0 Å². The fourth-order valence-corrected chi connectivity index (χ4v) is 2.06. The molecular formula is C13H15NO4. The first kappa shape index (κ1) is 12.4. The van der Waals surface area contributed by atoms with Gasteiger partial charge >= 0.3 is 0 Å². The van der Waals surface area contributed by atoms with Crippen molar-refractivity contribution in [2.24, 2.45) is 0 Å². The van der Waals surface area contributed by atoms with Gasteiger partial charge < -0.3 is 14.4 Å². The van der Waals surface area contributed by atoms with E-state index in [0.29, 0.717) is 17.2 Å². The van der Waals surface area contributed by atoms with Crippen LogP contribution in [-0.4, -0.2) is 32.5 Å². The molecule has 1 saturated heterocycles. The van der Waals surface area contributed by atoms with Gasteiger partial charge in [-0.05, 0) is 18.6 Å². The van der Waals surface area contributed by atoms with E-state index < -0.39 is 0 Å². The molecule has 18 heavy (non-hydrogen) atoms. The maximum Gasteiger partial charge on any atom is 0.234 e. The van der Waals surface area contributed by atoms with E-state index >= 15 is 0 Å². The summed E-state index contributed by atoms with van der Waals surface area (Å²) in [5.41, 5.74) is 1.57. The minimum Gasteiger partial charge on any atom is -0.493 e. The van der Waals surface area contributed by atoms with Crippen molar-refractivity contribution in [1.82, 2.24) is 0 Å². The van der Waals surface area contributed by atoms with Gasteiger partial charge in [0.2, 0.25) is 5.91 Å². The van der Waals surface area contributed by atoms with Gasteiger partial charge in [-0.25, -0.2) is 0 Å². The second-order valence-electron chi connectivity index (χ2n) is 4.19. The molecule has 0 atom stereocenters. The van der Waals surface area contributed by atoms with E-state index in [1.807, 2.05) is 6.92 Å². The van der Waals surface area contributed by atoms with Crippen LogP contribution in [0.5, 0.6) is 11.5 Å². The van der Waals surface area contributed by atoms with Crippen molar-refractivity contribution in [2.75, 3.05) is 25.7 Å². The summed E-state index contributed by atoms with van der Waals surface area (Å²) in [6.45, 7) is 2.00. The van der Waals surface area contributed by atoms with Crippen molar-refractivity contribution < 1.29 is 19.1 Å². The average molecular weight is 249 g/mol. The van der Waals surface area contributed by atoms with Crippen LogP contribution in [0, 0.1) is 6.92 Å². The Morgan fingerprint density at radius 2 is 1.72 bits per heavy atom. The molecule has 1 amide bonds. The molecule has 0 saturated carbocycles. The number of hydrogen-bond acceptors (Lipinski definition) is 4. The maximum atomic E-state index is 11.7. The number of nitrogens with zero attached hydrogens (tertiary/aromatic N) is 1. The Bertz CT molecular complexity index is 510. The minimum absolute atomic E-state index is 0.0201. The van der Waals surface area contributed by atoms with Crippen LogP contribution in [0.15, 0.2) is 12.1 Å². The topological polar surface area (TPSA) is 55.8 Å². The first-order valence-corrected chi connectivity index (χ1v) is 5.61. The molecule has 0 aromatic heterocycles. The minimum atomic E-state index is -0.171. The van der Waals surface area contributed by atoms with E-state index in [4.69, 9.17) is 9.47 Å². The summed E-state index contributed by atoms with van der Waals surface area (Å²) in [6.07, 6.45) is -0.0201. The SMILES string of the molecule is COc1cc(C)c(N2CC(=O)CC2=O)cc1OC. The van der Waals surface area contributed by atoms with E-state index in [9.17, 15) is 9.59 Å². The van der Waals surface area contributed by atoms with Gasteiger partial charge in [-0.1, -0.05) is 0 Å². The van der Waals surface area contributed by atoms with E-state index in [2.05, 4.69) is 0 Å². The zero-order valence-corrected chi connectivity index (χ0v) is 10.6. The smallest absolute Gasteiger partial charge is 0.234 e. The molecular weight excluding hydrogens is 234 g/mol. The highest BCUT2D eigenvalue weighted by atomic mass is 16.5. The van der Waals surface area contributed by atoms with Gasteiger partial charge in [-0.15, -0.1) is 0 Å². The van der Waals surface area contributed by atoms with Crippen molar-refractivity contribution in [3.63, 3.8) is 0 Å². The summed E-state index contributed by atoms with van der Waals surface area (Å²) in [5, 5.41) is 0. The predicted octanol–water partition coefficient (Wildman–Crippen LogP) is 1.32. The zero-order valence-electron chi connectivity index (χ0n) is 10.6. The average Bonchev–Trinajstić information content (AvgIpc) is 2.68. The summed E-state index contributed by atoms with van der Waals surface area (Å²) in [4.78, 5) is 24.5. The van der Waals surface area contributed by atoms with Crippen LogP contribution < -0.4 is 14.4 Å². The number of methoxy groups -OCH3 is 2. The number of carbonyl (C=O) groups is 2. The molecule has 1 aliphatic heterocycles. The lowest BCUT2D eigenvalue weighted by Crippen LogP contribution is -2.25. The van der Waals surface area contributed by atoms with Crippen LogP contribution >= 0.6 is 0 Å². The Balaban J connectivity index is 2.45. The Labute approximate surface area is 105 Å². The van der Waals surface area contributed by atoms with Crippen LogP contribution in [0.2, 0.25) is 0 Å². The predicted molar refractivity (Wildman–Crippen MR) is 66.3 cm³/mol. The molecule has 0 N–H and O–H groups in total. The standard InChI is InChI=1S/C13H15NO4/c1-8-4-11(17-2)12(18-3)6-10(8)14-7-9(15)5-13(14)16/h4,6H,5,7H2,1-3H3. The number of ketones is 1. The Kier molecular flexibility index (Phi) is 3.23. The monoisotopic (exact) mass is 249 g/mol. The summed E-state index contributed by atoms with van der Waals surface area (Å²) < 4.78 is 10.4. The summed E-state index contributed by atoms with van der Waals surface area (Å²) in [5.74, 6) is 0.923. The van der Waals surface area contributed by atoms with E-state index in [-0.39, 0.29) is 24.7 Å². The van der Waals surface area contributed by atoms with Gasteiger partial charge in [0, 0.05) is 6.07 Å². The molecule has 2 rings (SSSR count). The highest BCUT2D eigenvalue weighted by Gasteiger charge is 2.30. The number of hydrogen-bond donors (Lipinski definition) is 0. The Hall–Kier alpha value is -2.04. The molecule has 1 fully saturated rings. The molecule has 5 nitrogen and oxygen atoms in total. The molecule has 1 aliphatic rings. The normalized spacial score (nSPS) is 15.2. The second kappa shape index (κ2) is 4.68. The third kappa shape index (κ3) is 2.03. The van der Waals surface area contributed by atoms with E-state index in [1.54, 1.807) is 19.2 Å². The van der Waals surface area contributed by atoms with Gasteiger partial charge in [-0.2, -0.15) is 0 Å². The Morgan fingerprint density at radius 3 is 2.22 bits per heavy atom. The number of rotatable bonds is 3. The van der Waals surface area contributed by atoms with Crippen LogP contribution in [0.25, 0.3) is 0 Å². The van der Waals surface area contributed by atoms with Crippen molar-refractivity contribution in [2.45, 2.75) is 13.3 Å². The third-order valence-corrected chi connectivity index (χ3v) is 2.98. The van der Waals surface area contributed by atoms with Gasteiger partial charge in [0.05, 0.1) is 32.9 Å². The molecule has 0 spiro atoms. The second-order valence-corrected chi connectivity index (χ2v) is 4.19. The zero-order chi connectivity index (χ0) is 13.3. The molecule has 1 aromatic carbocycles. The van der Waals surface area contributed by atoms with Crippen molar-refractivity contribution in [3.05, 3.63) is 17.7 Å². The highest BCUT2D eigenvalue weighted by molar-refractivity contribution is 6.15. The number of ether oxygens (including phenoxy) is 2. The van der Waals surface area contributed by atoms with Crippen LogP contribution in [0.1, 0.15) is 12.0 Å². The van der Waals surface area contributed by atoms with Crippen LogP contribution in [0.3, 0.4) is 0 Å². The summed E-state index contributed by atoms with van der Waals surface area (Å²) >= 11 is 0. The third-order valence-electron chi connectivity index (χ3n) is 2.98. The first-order valence-electron chi connectivity index (χ1n) is 5.61. The summed E-state index contributed by atoms with van der Waals surface area (Å²) in [7, 11) is 3.09. The van der Waals surface area contributed by atoms with Crippen LogP contribution in [0.4, 0.5) is 5.69 Å². The molecule has 5 heteroatoms. The number of anilines is 1. The Morgan fingerprint density at radius 1 is 1.11 bits per heavy atom. The van der Waals surface area contributed by atoms with Crippen LogP contribution in [-0.2, 0) is 9.59 Å². The number of carbonyl (C=O) groups excluding carboxylic acids is 2. The van der Waals surface area contributed by atoms with Crippen molar-refractivity contribution in [3.8, 4) is 11.5 Å². The van der Waals surface area contributed by atoms with E-state index in [0.717, 1.165) is 5.56 Å². The molecule has 0 unspecified atom stereocenters. The molecule has 1 heterocycles. The number of benzene rings is 1. The maximum absolute atomic E-state index is 11.7. The molecule has 0 radical (unpaired) electrons. The van der Waals surface area contributed by atoms with Gasteiger partial charge in [0.25, 0.3) is 0 Å². The first-order chi connectivity index (χ1) is 8.56.